The SMILES string of the molecule is Cc1ccnc(Cl)c1.O=N[O-].[Na+]. The molecule has 0 aliphatic rings. The summed E-state index contributed by atoms with van der Waals surface area (Å²) in [5.74, 6) is 0. The molecular weight excluding hydrogens is 191 g/mol. The van der Waals surface area contributed by atoms with Crippen molar-refractivity contribution in [3.8, 4) is 0 Å². The van der Waals surface area contributed by atoms with Crippen LogP contribution in [0.15, 0.2) is 23.7 Å². The van der Waals surface area contributed by atoms with Gasteiger partial charge in [0.05, 0.1) is 0 Å². The largest absolute Gasteiger partial charge is 1.00 e. The van der Waals surface area contributed by atoms with Gasteiger partial charge >= 0.3 is 29.6 Å². The fourth-order valence-electron chi connectivity index (χ4n) is 0.499. The molecule has 0 spiro atoms. The van der Waals surface area contributed by atoms with E-state index in [0.29, 0.717) is 5.15 Å². The molecular formula is C6H6ClN2NaO2. The van der Waals surface area contributed by atoms with Crippen LogP contribution in [0.4, 0.5) is 0 Å². The molecule has 0 radical (unpaired) electrons. The molecule has 0 saturated carbocycles. The molecule has 0 fully saturated rings. The molecule has 60 valence electrons. The minimum Gasteiger partial charge on any atom is -0.444 e. The monoisotopic (exact) mass is 196 g/mol. The molecule has 0 aromatic carbocycles. The first kappa shape index (κ1) is 14.4. The Morgan fingerprint density at radius 3 is 2.42 bits per heavy atom. The molecule has 0 saturated heterocycles. The van der Waals surface area contributed by atoms with Gasteiger partial charge in [-0.15, -0.1) is 5.34 Å². The summed E-state index contributed by atoms with van der Waals surface area (Å²) < 4.78 is 0. The van der Waals surface area contributed by atoms with Gasteiger partial charge in [0.2, 0.25) is 0 Å². The molecule has 1 aromatic heterocycles. The van der Waals surface area contributed by atoms with Gasteiger partial charge in [0.1, 0.15) is 5.15 Å². The van der Waals surface area contributed by atoms with E-state index < -0.39 is 0 Å². The summed E-state index contributed by atoms with van der Waals surface area (Å²) in [5, 5.41) is 9.56. The van der Waals surface area contributed by atoms with Crippen LogP contribution in [-0.4, -0.2) is 4.98 Å². The van der Waals surface area contributed by atoms with E-state index in [1.807, 2.05) is 19.1 Å². The molecule has 1 heterocycles. The van der Waals surface area contributed by atoms with Gasteiger partial charge < -0.3 is 10.1 Å². The summed E-state index contributed by atoms with van der Waals surface area (Å²) in [6, 6.07) is 3.73. The summed E-state index contributed by atoms with van der Waals surface area (Å²) in [7, 11) is 0. The smallest absolute Gasteiger partial charge is 0.444 e. The molecule has 1 aromatic rings. The zero-order chi connectivity index (χ0) is 8.69. The van der Waals surface area contributed by atoms with Crippen LogP contribution in [0.2, 0.25) is 5.15 Å². The standard InChI is InChI=1S/C6H6ClN.HNO2.Na/c1-5-2-3-8-6(7)4-5;2-1-3;/h2-4H,1H3;(H,2,3);/q;;+1/p-1. The summed E-state index contributed by atoms with van der Waals surface area (Å²) >= 11 is 5.53. The molecule has 12 heavy (non-hydrogen) atoms. The average Bonchev–Trinajstić information content (AvgIpc) is 1.88. The van der Waals surface area contributed by atoms with Crippen molar-refractivity contribution < 1.29 is 29.6 Å². The summed E-state index contributed by atoms with van der Waals surface area (Å²) in [6.45, 7) is 1.98. The zero-order valence-corrected chi connectivity index (χ0v) is 9.58. The Bertz CT molecular complexity index is 217. The molecule has 0 unspecified atom stereocenters. The quantitative estimate of drug-likeness (QED) is 0.239. The average molecular weight is 197 g/mol. The Morgan fingerprint density at radius 2 is 2.17 bits per heavy atom. The topological polar surface area (TPSA) is 65.4 Å². The van der Waals surface area contributed by atoms with E-state index in [4.69, 9.17) is 21.7 Å². The van der Waals surface area contributed by atoms with Crippen molar-refractivity contribution in [3.05, 3.63) is 39.2 Å². The molecule has 0 bridgehead atoms. The van der Waals surface area contributed by atoms with Gasteiger partial charge in [-0.3, -0.25) is 0 Å². The van der Waals surface area contributed by atoms with Crippen molar-refractivity contribution >= 4 is 11.6 Å². The van der Waals surface area contributed by atoms with Crippen molar-refractivity contribution in [1.82, 2.24) is 4.98 Å². The Labute approximate surface area is 97.2 Å². The second-order valence-electron chi connectivity index (χ2n) is 1.73. The third-order valence-electron chi connectivity index (χ3n) is 0.882. The third kappa shape index (κ3) is 7.94. The molecule has 1 rings (SSSR count). The van der Waals surface area contributed by atoms with Crippen LogP contribution >= 0.6 is 11.6 Å². The Balaban J connectivity index is 0. The van der Waals surface area contributed by atoms with Crippen LogP contribution in [-0.2, 0) is 0 Å². The summed E-state index contributed by atoms with van der Waals surface area (Å²) in [6.07, 6.45) is 1.69. The molecule has 0 amide bonds. The number of hydrogen-bond donors (Lipinski definition) is 0. The van der Waals surface area contributed by atoms with Crippen LogP contribution in [0.3, 0.4) is 0 Å². The maximum Gasteiger partial charge on any atom is 1.00 e. The van der Waals surface area contributed by atoms with Crippen molar-refractivity contribution in [2.75, 3.05) is 0 Å². The van der Waals surface area contributed by atoms with Gasteiger partial charge in [0.15, 0.2) is 0 Å². The molecule has 6 heteroatoms. The van der Waals surface area contributed by atoms with E-state index in [1.165, 1.54) is 0 Å². The first-order valence-corrected chi connectivity index (χ1v) is 3.11. The zero-order valence-electron chi connectivity index (χ0n) is 6.82. The molecule has 0 atom stereocenters. The van der Waals surface area contributed by atoms with Crippen molar-refractivity contribution in [2.24, 2.45) is 5.34 Å². The number of aryl methyl sites for hydroxylation is 1. The van der Waals surface area contributed by atoms with Gasteiger partial charge in [-0.1, -0.05) is 11.6 Å². The second kappa shape index (κ2) is 8.93. The predicted molar refractivity (Wildman–Crippen MR) is 43.1 cm³/mol. The van der Waals surface area contributed by atoms with Crippen LogP contribution < -0.4 is 29.6 Å². The molecule has 0 N–H and O–H groups in total. The number of rotatable bonds is 0. The van der Waals surface area contributed by atoms with Crippen molar-refractivity contribution in [2.45, 2.75) is 6.92 Å². The minimum absolute atomic E-state index is 0. The van der Waals surface area contributed by atoms with Crippen molar-refractivity contribution in [1.29, 1.82) is 0 Å². The number of halogens is 1. The Morgan fingerprint density at radius 1 is 1.67 bits per heavy atom. The van der Waals surface area contributed by atoms with Crippen LogP contribution in [0.5, 0.6) is 0 Å². The van der Waals surface area contributed by atoms with Gasteiger partial charge in [-0.25, -0.2) is 4.98 Å². The first-order valence-electron chi connectivity index (χ1n) is 2.74. The van der Waals surface area contributed by atoms with Crippen LogP contribution in [0.25, 0.3) is 0 Å². The van der Waals surface area contributed by atoms with Crippen molar-refractivity contribution in [3.63, 3.8) is 0 Å². The normalized spacial score (nSPS) is 7.17. The second-order valence-corrected chi connectivity index (χ2v) is 2.12. The fraction of sp³-hybridized carbons (Fsp3) is 0.167. The number of hydrogen-bond acceptors (Lipinski definition) is 4. The van der Waals surface area contributed by atoms with Gasteiger partial charge in [0, 0.05) is 6.20 Å². The van der Waals surface area contributed by atoms with E-state index in [1.54, 1.807) is 6.20 Å². The van der Waals surface area contributed by atoms with Crippen LogP contribution in [0, 0.1) is 17.0 Å². The maximum atomic E-state index is 8.00. The van der Waals surface area contributed by atoms with Crippen LogP contribution in [0.1, 0.15) is 5.56 Å². The third-order valence-corrected chi connectivity index (χ3v) is 1.09. The Hall–Kier alpha value is -0.160. The Kier molecular flexibility index (Phi) is 10.7. The molecule has 0 aliphatic heterocycles. The first-order chi connectivity index (χ1) is 5.20. The van der Waals surface area contributed by atoms with E-state index in [0.717, 1.165) is 10.9 Å². The number of aromatic nitrogens is 1. The molecule has 4 nitrogen and oxygen atoms in total. The van der Waals surface area contributed by atoms with E-state index in [-0.39, 0.29) is 29.6 Å². The van der Waals surface area contributed by atoms with E-state index in [9.17, 15) is 0 Å². The predicted octanol–water partition coefficient (Wildman–Crippen LogP) is -0.702. The summed E-state index contributed by atoms with van der Waals surface area (Å²) in [5.41, 5.74) is 1.14. The van der Waals surface area contributed by atoms with E-state index in [2.05, 4.69) is 4.98 Å². The number of nitrogens with zero attached hydrogens (tertiary/aromatic N) is 2. The maximum absolute atomic E-state index is 8.00. The molecule has 0 aliphatic carbocycles. The van der Waals surface area contributed by atoms with E-state index >= 15 is 0 Å². The minimum atomic E-state index is 0. The number of pyridine rings is 1. The summed E-state index contributed by atoms with van der Waals surface area (Å²) in [4.78, 5) is 11.8. The van der Waals surface area contributed by atoms with Gasteiger partial charge in [-0.05, 0) is 24.6 Å². The fourth-order valence-corrected chi connectivity index (χ4v) is 0.728. The van der Waals surface area contributed by atoms with Gasteiger partial charge in [0.25, 0.3) is 0 Å². The van der Waals surface area contributed by atoms with Gasteiger partial charge in [-0.2, -0.15) is 0 Å².